The van der Waals surface area contributed by atoms with E-state index in [1.54, 1.807) is 0 Å². The summed E-state index contributed by atoms with van der Waals surface area (Å²) >= 11 is 0. The first-order valence-electron chi connectivity index (χ1n) is 6.48. The standard InChI is InChI=1S/C14H14N2O5/c1-21-13(6-7-13)14(11(19)15-12(20)16-14)9-4-2-8(3-5-9)10(17)18/h2-5H,6-7H2,1H3,(H,17,18)(H2,15,16,19,20). The molecule has 21 heavy (non-hydrogen) atoms. The summed E-state index contributed by atoms with van der Waals surface area (Å²) in [5, 5.41) is 13.8. The second kappa shape index (κ2) is 4.29. The molecule has 3 rings (SSSR count). The van der Waals surface area contributed by atoms with Crippen LogP contribution in [0.25, 0.3) is 0 Å². The van der Waals surface area contributed by atoms with Gasteiger partial charge in [0.25, 0.3) is 5.91 Å². The summed E-state index contributed by atoms with van der Waals surface area (Å²) in [7, 11) is 1.50. The van der Waals surface area contributed by atoms with Gasteiger partial charge in [0.2, 0.25) is 0 Å². The van der Waals surface area contributed by atoms with Crippen molar-refractivity contribution in [3.05, 3.63) is 35.4 Å². The molecule has 1 atom stereocenters. The highest BCUT2D eigenvalue weighted by Gasteiger charge is 2.68. The summed E-state index contributed by atoms with van der Waals surface area (Å²) in [6.07, 6.45) is 1.27. The van der Waals surface area contributed by atoms with Crippen molar-refractivity contribution in [2.45, 2.75) is 24.0 Å². The van der Waals surface area contributed by atoms with Crippen molar-refractivity contribution < 1.29 is 24.2 Å². The van der Waals surface area contributed by atoms with Crippen molar-refractivity contribution in [3.63, 3.8) is 0 Å². The van der Waals surface area contributed by atoms with Crippen LogP contribution in [0.2, 0.25) is 0 Å². The van der Waals surface area contributed by atoms with E-state index in [1.165, 1.54) is 31.4 Å². The number of ether oxygens (including phenoxy) is 1. The zero-order valence-corrected chi connectivity index (χ0v) is 11.3. The highest BCUT2D eigenvalue weighted by molar-refractivity contribution is 6.08. The fourth-order valence-corrected chi connectivity index (χ4v) is 2.95. The molecule has 1 aliphatic heterocycles. The zero-order valence-electron chi connectivity index (χ0n) is 11.3. The minimum absolute atomic E-state index is 0.112. The lowest BCUT2D eigenvalue weighted by Gasteiger charge is -2.34. The molecule has 1 unspecified atom stereocenters. The molecule has 0 aromatic heterocycles. The van der Waals surface area contributed by atoms with Crippen LogP contribution in [-0.4, -0.2) is 35.7 Å². The van der Waals surface area contributed by atoms with Crippen LogP contribution in [0.3, 0.4) is 0 Å². The third-order valence-electron chi connectivity index (χ3n) is 4.21. The number of benzene rings is 1. The van der Waals surface area contributed by atoms with Crippen LogP contribution < -0.4 is 10.6 Å². The zero-order chi connectivity index (χ0) is 15.3. The summed E-state index contributed by atoms with van der Waals surface area (Å²) in [6.45, 7) is 0. The van der Waals surface area contributed by atoms with E-state index >= 15 is 0 Å². The number of amides is 3. The molecule has 1 heterocycles. The van der Waals surface area contributed by atoms with Crippen molar-refractivity contribution in [3.8, 4) is 0 Å². The van der Waals surface area contributed by atoms with Gasteiger partial charge >= 0.3 is 12.0 Å². The molecule has 0 bridgehead atoms. The Balaban J connectivity index is 2.11. The van der Waals surface area contributed by atoms with Gasteiger partial charge in [0.1, 0.15) is 5.60 Å². The second-order valence-electron chi connectivity index (χ2n) is 5.24. The number of urea groups is 1. The Labute approximate surface area is 120 Å². The van der Waals surface area contributed by atoms with Gasteiger partial charge in [-0.2, -0.15) is 0 Å². The van der Waals surface area contributed by atoms with E-state index in [4.69, 9.17) is 9.84 Å². The summed E-state index contributed by atoms with van der Waals surface area (Å²) < 4.78 is 5.50. The first kappa shape index (κ1) is 13.6. The van der Waals surface area contributed by atoms with Gasteiger partial charge in [0, 0.05) is 7.11 Å². The maximum absolute atomic E-state index is 12.4. The molecular weight excluding hydrogens is 276 g/mol. The first-order valence-corrected chi connectivity index (χ1v) is 6.48. The highest BCUT2D eigenvalue weighted by Crippen LogP contribution is 2.53. The smallest absolute Gasteiger partial charge is 0.335 e. The maximum atomic E-state index is 12.4. The largest absolute Gasteiger partial charge is 0.478 e. The number of imide groups is 1. The molecule has 3 N–H and O–H groups in total. The average Bonchev–Trinajstić information content (AvgIpc) is 3.20. The fourth-order valence-electron chi connectivity index (χ4n) is 2.95. The molecule has 0 radical (unpaired) electrons. The third-order valence-corrected chi connectivity index (χ3v) is 4.21. The van der Waals surface area contributed by atoms with E-state index in [0.717, 1.165) is 0 Å². The van der Waals surface area contributed by atoms with Crippen molar-refractivity contribution >= 4 is 17.9 Å². The molecule has 1 aromatic rings. The fraction of sp³-hybridized carbons (Fsp3) is 0.357. The number of carbonyl (C=O) groups excluding carboxylic acids is 2. The first-order chi connectivity index (χ1) is 9.95. The molecule has 3 amide bonds. The van der Waals surface area contributed by atoms with Gasteiger partial charge in [-0.1, -0.05) is 12.1 Å². The molecule has 1 saturated heterocycles. The molecule has 2 aliphatic rings. The van der Waals surface area contributed by atoms with Crippen molar-refractivity contribution in [1.82, 2.24) is 10.6 Å². The van der Waals surface area contributed by atoms with E-state index < -0.39 is 29.0 Å². The SMILES string of the molecule is COC1(C2(c3ccc(C(=O)O)cc3)NC(=O)NC2=O)CC1. The number of carboxylic acid groups (broad SMARTS) is 1. The van der Waals surface area contributed by atoms with Gasteiger partial charge in [0.15, 0.2) is 5.54 Å². The lowest BCUT2D eigenvalue weighted by molar-refractivity contribution is -0.131. The monoisotopic (exact) mass is 290 g/mol. The van der Waals surface area contributed by atoms with Crippen molar-refractivity contribution in [2.24, 2.45) is 0 Å². The Bertz CT molecular complexity index is 635. The molecule has 1 aromatic carbocycles. The minimum atomic E-state index is -1.31. The summed E-state index contributed by atoms with van der Waals surface area (Å²) in [5.41, 5.74) is -1.47. The quantitative estimate of drug-likeness (QED) is 0.704. The van der Waals surface area contributed by atoms with Crippen LogP contribution in [0.4, 0.5) is 4.79 Å². The molecule has 7 nitrogen and oxygen atoms in total. The van der Waals surface area contributed by atoms with Gasteiger partial charge in [-0.25, -0.2) is 9.59 Å². The van der Waals surface area contributed by atoms with E-state index in [0.29, 0.717) is 18.4 Å². The molecule has 1 aliphatic carbocycles. The topological polar surface area (TPSA) is 105 Å². The van der Waals surface area contributed by atoms with E-state index in [2.05, 4.69) is 10.6 Å². The Morgan fingerprint density at radius 1 is 1.24 bits per heavy atom. The summed E-state index contributed by atoms with van der Waals surface area (Å²) in [6, 6.07) is 5.30. The normalized spacial score (nSPS) is 26.1. The van der Waals surface area contributed by atoms with Gasteiger partial charge in [0.05, 0.1) is 5.56 Å². The number of rotatable bonds is 4. The molecule has 0 spiro atoms. The molecule has 2 fully saturated rings. The van der Waals surface area contributed by atoms with Gasteiger partial charge in [-0.3, -0.25) is 10.1 Å². The number of aromatic carboxylic acids is 1. The second-order valence-corrected chi connectivity index (χ2v) is 5.24. The highest BCUT2D eigenvalue weighted by atomic mass is 16.5. The number of nitrogens with one attached hydrogen (secondary N) is 2. The van der Waals surface area contributed by atoms with Crippen molar-refractivity contribution in [2.75, 3.05) is 7.11 Å². The predicted octanol–water partition coefficient (Wildman–Crippen LogP) is 0.598. The van der Waals surface area contributed by atoms with Crippen LogP contribution in [0.15, 0.2) is 24.3 Å². The molecule has 7 heteroatoms. The van der Waals surface area contributed by atoms with Gasteiger partial charge in [-0.05, 0) is 30.5 Å². The molecular formula is C14H14N2O5. The number of carbonyl (C=O) groups is 3. The Morgan fingerprint density at radius 2 is 1.86 bits per heavy atom. The molecule has 1 saturated carbocycles. The van der Waals surface area contributed by atoms with Crippen LogP contribution in [0.5, 0.6) is 0 Å². The Morgan fingerprint density at radius 3 is 2.24 bits per heavy atom. The van der Waals surface area contributed by atoms with E-state index in [1.807, 2.05) is 0 Å². The minimum Gasteiger partial charge on any atom is -0.478 e. The van der Waals surface area contributed by atoms with Crippen LogP contribution >= 0.6 is 0 Å². The summed E-state index contributed by atoms with van der Waals surface area (Å²) in [5.74, 6) is -1.53. The number of methoxy groups -OCH3 is 1. The van der Waals surface area contributed by atoms with Crippen LogP contribution in [0, 0.1) is 0 Å². The van der Waals surface area contributed by atoms with Crippen LogP contribution in [-0.2, 0) is 15.1 Å². The van der Waals surface area contributed by atoms with Gasteiger partial charge in [-0.15, -0.1) is 0 Å². The van der Waals surface area contributed by atoms with Gasteiger partial charge < -0.3 is 15.2 Å². The Hall–Kier alpha value is -2.41. The number of hydrogen-bond donors (Lipinski definition) is 3. The van der Waals surface area contributed by atoms with Crippen molar-refractivity contribution in [1.29, 1.82) is 0 Å². The van der Waals surface area contributed by atoms with E-state index in [-0.39, 0.29) is 5.56 Å². The predicted molar refractivity (Wildman–Crippen MR) is 70.7 cm³/mol. The van der Waals surface area contributed by atoms with E-state index in [9.17, 15) is 14.4 Å². The third kappa shape index (κ3) is 1.74. The number of hydrogen-bond acceptors (Lipinski definition) is 4. The van der Waals surface area contributed by atoms with Crippen LogP contribution in [0.1, 0.15) is 28.8 Å². The molecule has 110 valence electrons. The lowest BCUT2D eigenvalue weighted by Crippen LogP contribution is -2.56. The summed E-state index contributed by atoms with van der Waals surface area (Å²) in [4.78, 5) is 34.9. The average molecular weight is 290 g/mol. The lowest BCUT2D eigenvalue weighted by atomic mass is 9.82. The number of carboxylic acids is 1. The maximum Gasteiger partial charge on any atom is 0.335 e. The Kier molecular flexibility index (Phi) is 2.77.